The van der Waals surface area contributed by atoms with E-state index in [0.717, 1.165) is 6.29 Å². The molecular weight excluding hydrogens is 252 g/mol. The van der Waals surface area contributed by atoms with Crippen molar-refractivity contribution >= 4 is 29.5 Å². The van der Waals surface area contributed by atoms with Crippen molar-refractivity contribution in [3.63, 3.8) is 0 Å². The zero-order chi connectivity index (χ0) is 13.7. The van der Waals surface area contributed by atoms with Gasteiger partial charge in [-0.3, -0.25) is 9.59 Å². The van der Waals surface area contributed by atoms with Gasteiger partial charge in [-0.25, -0.2) is 0 Å². The van der Waals surface area contributed by atoms with Crippen LogP contribution in [0, 0.1) is 5.92 Å². The van der Waals surface area contributed by atoms with Gasteiger partial charge in [0.1, 0.15) is 0 Å². The molecule has 0 aromatic heterocycles. The maximum absolute atomic E-state index is 11.1. The fourth-order valence-electron chi connectivity index (χ4n) is 1.82. The predicted molar refractivity (Wildman–Crippen MR) is 73.1 cm³/mol. The molecule has 0 aliphatic carbocycles. The van der Waals surface area contributed by atoms with Crippen LogP contribution in [0.25, 0.3) is 0 Å². The number of benzene rings is 1. The Hall–Kier alpha value is -1.55. The van der Waals surface area contributed by atoms with E-state index in [1.807, 2.05) is 13.8 Å². The minimum atomic E-state index is -0.451. The Morgan fingerprint density at radius 1 is 1.50 bits per heavy atom. The monoisotopic (exact) mass is 268 g/mol. The van der Waals surface area contributed by atoms with Gasteiger partial charge in [0.15, 0.2) is 6.29 Å². The van der Waals surface area contributed by atoms with E-state index in [4.69, 9.17) is 17.3 Å². The van der Waals surface area contributed by atoms with E-state index in [1.165, 1.54) is 0 Å². The van der Waals surface area contributed by atoms with Gasteiger partial charge in [-0.15, -0.1) is 0 Å². The third kappa shape index (κ3) is 3.74. The number of rotatable bonds is 6. The molecule has 98 valence electrons. The van der Waals surface area contributed by atoms with E-state index in [9.17, 15) is 9.59 Å². The van der Waals surface area contributed by atoms with Gasteiger partial charge in [-0.1, -0.05) is 31.5 Å². The van der Waals surface area contributed by atoms with Crippen LogP contribution in [0.2, 0.25) is 5.02 Å². The summed E-state index contributed by atoms with van der Waals surface area (Å²) in [5.74, 6) is -0.132. The third-order valence-electron chi connectivity index (χ3n) is 2.39. The summed E-state index contributed by atoms with van der Waals surface area (Å²) in [6.07, 6.45) is 0.732. The Morgan fingerprint density at radius 2 is 2.17 bits per heavy atom. The Balaban J connectivity index is 3.18. The number of nitrogens with two attached hydrogens (primary N) is 1. The van der Waals surface area contributed by atoms with Crippen molar-refractivity contribution in [2.75, 3.05) is 18.0 Å². The minimum absolute atomic E-state index is 0.0444. The first kappa shape index (κ1) is 14.5. The van der Waals surface area contributed by atoms with Crippen LogP contribution in [0.15, 0.2) is 18.2 Å². The zero-order valence-electron chi connectivity index (χ0n) is 10.5. The highest BCUT2D eigenvalue weighted by Crippen LogP contribution is 2.29. The average Bonchev–Trinajstić information content (AvgIpc) is 2.26. The molecule has 1 amide bonds. The lowest BCUT2D eigenvalue weighted by molar-refractivity contribution is -0.116. The van der Waals surface area contributed by atoms with Gasteiger partial charge in [0.25, 0.3) is 0 Å². The molecule has 0 radical (unpaired) electrons. The summed E-state index contributed by atoms with van der Waals surface area (Å²) in [5.41, 5.74) is 6.27. The second-order valence-electron chi connectivity index (χ2n) is 4.54. The minimum Gasteiger partial charge on any atom is -0.368 e. The Kier molecular flexibility index (Phi) is 5.16. The highest BCUT2D eigenvalue weighted by molar-refractivity contribution is 6.34. The number of para-hydroxylation sites is 1. The highest BCUT2D eigenvalue weighted by atomic mass is 35.5. The van der Waals surface area contributed by atoms with Crippen LogP contribution >= 0.6 is 11.6 Å². The first-order valence-electron chi connectivity index (χ1n) is 5.72. The van der Waals surface area contributed by atoms with Crippen LogP contribution in [0.1, 0.15) is 24.2 Å². The van der Waals surface area contributed by atoms with Gasteiger partial charge >= 0.3 is 0 Å². The molecule has 1 aromatic carbocycles. The number of nitrogens with zero attached hydrogens (tertiary/aromatic N) is 1. The highest BCUT2D eigenvalue weighted by Gasteiger charge is 2.17. The zero-order valence-corrected chi connectivity index (χ0v) is 11.3. The van der Waals surface area contributed by atoms with Gasteiger partial charge in [0.05, 0.1) is 17.3 Å². The lowest BCUT2D eigenvalue weighted by Gasteiger charge is -2.27. The van der Waals surface area contributed by atoms with Gasteiger partial charge in [-0.2, -0.15) is 0 Å². The number of amides is 1. The number of carbonyl (C=O) groups excluding carboxylic acids is 2. The van der Waals surface area contributed by atoms with Gasteiger partial charge in [0.2, 0.25) is 5.91 Å². The van der Waals surface area contributed by atoms with Crippen LogP contribution in [0.5, 0.6) is 0 Å². The molecule has 0 aliphatic rings. The first-order chi connectivity index (χ1) is 8.45. The van der Waals surface area contributed by atoms with Crippen molar-refractivity contribution in [1.29, 1.82) is 0 Å². The fourth-order valence-corrected chi connectivity index (χ4v) is 2.13. The van der Waals surface area contributed by atoms with Gasteiger partial charge in [-0.05, 0) is 18.1 Å². The van der Waals surface area contributed by atoms with E-state index in [0.29, 0.717) is 28.7 Å². The number of primary amides is 1. The number of hydrogen-bond acceptors (Lipinski definition) is 3. The number of halogens is 1. The molecule has 0 saturated carbocycles. The second kappa shape index (κ2) is 6.40. The quantitative estimate of drug-likeness (QED) is 0.804. The van der Waals surface area contributed by atoms with Crippen LogP contribution < -0.4 is 10.6 Å². The molecule has 1 rings (SSSR count). The maximum atomic E-state index is 11.1. The normalized spacial score (nSPS) is 10.4. The topological polar surface area (TPSA) is 63.4 Å². The summed E-state index contributed by atoms with van der Waals surface area (Å²) in [5, 5.41) is 0.446. The Bertz CT molecular complexity index is 447. The molecule has 5 heteroatoms. The van der Waals surface area contributed by atoms with Crippen LogP contribution in [0.3, 0.4) is 0 Å². The second-order valence-corrected chi connectivity index (χ2v) is 4.94. The molecule has 4 nitrogen and oxygen atoms in total. The molecule has 0 spiro atoms. The van der Waals surface area contributed by atoms with Crippen LogP contribution in [-0.4, -0.2) is 25.3 Å². The van der Waals surface area contributed by atoms with E-state index in [1.54, 1.807) is 23.1 Å². The number of aldehydes is 1. The van der Waals surface area contributed by atoms with Crippen molar-refractivity contribution in [1.82, 2.24) is 0 Å². The van der Waals surface area contributed by atoms with Gasteiger partial charge in [0, 0.05) is 12.1 Å². The average molecular weight is 269 g/mol. The first-order valence-corrected chi connectivity index (χ1v) is 6.10. The Morgan fingerprint density at radius 3 is 2.67 bits per heavy atom. The van der Waals surface area contributed by atoms with Crippen molar-refractivity contribution in [2.45, 2.75) is 13.8 Å². The molecular formula is C13H17ClN2O2. The van der Waals surface area contributed by atoms with E-state index >= 15 is 0 Å². The number of carbonyl (C=O) groups is 2. The molecule has 0 bridgehead atoms. The summed E-state index contributed by atoms with van der Waals surface area (Å²) >= 11 is 6.12. The summed E-state index contributed by atoms with van der Waals surface area (Å²) < 4.78 is 0. The van der Waals surface area contributed by atoms with E-state index in [2.05, 4.69) is 0 Å². The van der Waals surface area contributed by atoms with Crippen molar-refractivity contribution in [3.8, 4) is 0 Å². The third-order valence-corrected chi connectivity index (χ3v) is 2.70. The predicted octanol–water partition coefficient (Wildman–Crippen LogP) is 2.10. The van der Waals surface area contributed by atoms with E-state index < -0.39 is 5.91 Å². The molecule has 0 saturated heterocycles. The summed E-state index contributed by atoms with van der Waals surface area (Å²) in [7, 11) is 0. The molecule has 0 fully saturated rings. The van der Waals surface area contributed by atoms with E-state index in [-0.39, 0.29) is 6.54 Å². The van der Waals surface area contributed by atoms with Crippen LogP contribution in [-0.2, 0) is 4.79 Å². The van der Waals surface area contributed by atoms with Crippen molar-refractivity contribution < 1.29 is 9.59 Å². The molecule has 0 atom stereocenters. The van der Waals surface area contributed by atoms with Gasteiger partial charge < -0.3 is 10.6 Å². The molecule has 0 unspecified atom stereocenters. The number of anilines is 1. The molecule has 1 aromatic rings. The summed E-state index contributed by atoms with van der Waals surface area (Å²) in [4.78, 5) is 23.9. The maximum Gasteiger partial charge on any atom is 0.236 e. The largest absolute Gasteiger partial charge is 0.368 e. The van der Waals surface area contributed by atoms with Crippen molar-refractivity contribution in [3.05, 3.63) is 28.8 Å². The summed E-state index contributed by atoms with van der Waals surface area (Å²) in [6.45, 7) is 4.69. The lowest BCUT2D eigenvalue weighted by atomic mass is 10.1. The molecule has 18 heavy (non-hydrogen) atoms. The molecule has 0 aliphatic heterocycles. The smallest absolute Gasteiger partial charge is 0.236 e. The Labute approximate surface area is 112 Å². The van der Waals surface area contributed by atoms with Crippen molar-refractivity contribution in [2.24, 2.45) is 11.7 Å². The SMILES string of the molecule is CC(C)CN(CC(N)=O)c1c(Cl)cccc1C=O. The number of hydrogen-bond donors (Lipinski definition) is 1. The van der Waals surface area contributed by atoms with Crippen LogP contribution in [0.4, 0.5) is 5.69 Å². The molecule has 0 heterocycles. The summed E-state index contributed by atoms with van der Waals surface area (Å²) in [6, 6.07) is 5.06. The fraction of sp³-hybridized carbons (Fsp3) is 0.385. The lowest BCUT2D eigenvalue weighted by Crippen LogP contribution is -2.37. The standard InChI is InChI=1S/C13H17ClN2O2/c1-9(2)6-16(7-12(15)18)13-10(8-17)4-3-5-11(13)14/h3-5,8-9H,6-7H2,1-2H3,(H2,15,18). The molecule has 2 N–H and O–H groups in total.